The molecular formula is C26H27N3O5S. The number of ether oxygens (including phenoxy) is 2. The summed E-state index contributed by atoms with van der Waals surface area (Å²) in [6, 6.07) is 20.5. The van der Waals surface area contributed by atoms with E-state index in [9.17, 15) is 13.2 Å². The average Bonchev–Trinajstić information content (AvgIpc) is 2.88. The molecule has 0 saturated heterocycles. The van der Waals surface area contributed by atoms with Crippen LogP contribution in [0.5, 0.6) is 11.5 Å². The van der Waals surface area contributed by atoms with E-state index < -0.39 is 22.5 Å². The number of fused-ring (bicyclic) bond motifs is 1. The van der Waals surface area contributed by atoms with Gasteiger partial charge in [-0.3, -0.25) is 9.10 Å². The summed E-state index contributed by atoms with van der Waals surface area (Å²) in [7, 11) is -3.99. The fourth-order valence-electron chi connectivity index (χ4n) is 3.60. The van der Waals surface area contributed by atoms with Crippen LogP contribution < -0.4 is 19.2 Å². The molecule has 0 atom stereocenters. The van der Waals surface area contributed by atoms with Crippen molar-refractivity contribution in [2.45, 2.75) is 24.7 Å². The minimum Gasteiger partial charge on any atom is -0.486 e. The molecule has 0 fully saturated rings. The van der Waals surface area contributed by atoms with Crippen molar-refractivity contribution >= 4 is 27.8 Å². The summed E-state index contributed by atoms with van der Waals surface area (Å²) in [5, 5.41) is 4.01. The lowest BCUT2D eigenvalue weighted by Crippen LogP contribution is -2.39. The first-order valence-electron chi connectivity index (χ1n) is 11.2. The summed E-state index contributed by atoms with van der Waals surface area (Å²) in [5.74, 6) is 0.862. The summed E-state index contributed by atoms with van der Waals surface area (Å²) < 4.78 is 39.1. The van der Waals surface area contributed by atoms with Crippen LogP contribution in [0.25, 0.3) is 0 Å². The van der Waals surface area contributed by atoms with Crippen molar-refractivity contribution in [3.8, 4) is 11.5 Å². The van der Waals surface area contributed by atoms with Crippen LogP contribution in [-0.4, -0.2) is 40.3 Å². The maximum atomic E-state index is 13.4. The molecular weight excluding hydrogens is 466 g/mol. The lowest BCUT2D eigenvalue weighted by atomic mass is 10.0. The Labute approximate surface area is 205 Å². The normalized spacial score (nSPS) is 13.1. The van der Waals surface area contributed by atoms with Crippen LogP contribution >= 0.6 is 0 Å². The van der Waals surface area contributed by atoms with Gasteiger partial charge >= 0.3 is 0 Å². The molecule has 1 heterocycles. The largest absolute Gasteiger partial charge is 0.486 e. The number of nitrogens with zero attached hydrogens (tertiary/aromatic N) is 2. The Morgan fingerprint density at radius 2 is 1.71 bits per heavy atom. The zero-order valence-corrected chi connectivity index (χ0v) is 20.4. The number of hydrazone groups is 1. The third kappa shape index (κ3) is 5.63. The zero-order valence-electron chi connectivity index (χ0n) is 19.5. The lowest BCUT2D eigenvalue weighted by molar-refractivity contribution is -0.119. The van der Waals surface area contributed by atoms with Gasteiger partial charge in [0.05, 0.1) is 16.8 Å². The van der Waals surface area contributed by atoms with Gasteiger partial charge in [-0.15, -0.1) is 0 Å². The molecule has 1 aliphatic rings. The summed E-state index contributed by atoms with van der Waals surface area (Å²) in [6.45, 7) is 4.56. The first-order chi connectivity index (χ1) is 16.9. The molecule has 4 rings (SSSR count). The predicted octanol–water partition coefficient (Wildman–Crippen LogP) is 3.93. The first kappa shape index (κ1) is 24.3. The molecule has 0 aliphatic carbocycles. The van der Waals surface area contributed by atoms with Gasteiger partial charge in [-0.05, 0) is 47.9 Å². The number of nitrogens with one attached hydrogen (secondary N) is 1. The first-order valence-corrected chi connectivity index (χ1v) is 12.7. The van der Waals surface area contributed by atoms with Gasteiger partial charge in [0, 0.05) is 5.56 Å². The van der Waals surface area contributed by atoms with Crippen molar-refractivity contribution in [1.82, 2.24) is 5.43 Å². The van der Waals surface area contributed by atoms with Gasteiger partial charge in [0.15, 0.2) is 11.5 Å². The van der Waals surface area contributed by atoms with Crippen molar-refractivity contribution in [3.63, 3.8) is 0 Å². The number of hydrogen-bond donors (Lipinski definition) is 1. The van der Waals surface area contributed by atoms with Gasteiger partial charge < -0.3 is 9.47 Å². The fraction of sp³-hybridized carbons (Fsp3) is 0.231. The molecule has 3 aromatic carbocycles. The second kappa shape index (κ2) is 10.6. The van der Waals surface area contributed by atoms with Gasteiger partial charge in [0.25, 0.3) is 15.9 Å². The quantitative estimate of drug-likeness (QED) is 0.379. The summed E-state index contributed by atoms with van der Waals surface area (Å²) in [6.07, 6.45) is 1.44. The number of carbonyl (C=O) groups excluding carboxylic acids is 1. The Morgan fingerprint density at radius 3 is 2.43 bits per heavy atom. The van der Waals surface area contributed by atoms with Crippen molar-refractivity contribution < 1.29 is 22.7 Å². The smallest absolute Gasteiger partial charge is 0.264 e. The predicted molar refractivity (Wildman–Crippen MR) is 135 cm³/mol. The Kier molecular flexibility index (Phi) is 7.36. The molecule has 1 N–H and O–H groups in total. The van der Waals surface area contributed by atoms with E-state index in [4.69, 9.17) is 9.47 Å². The van der Waals surface area contributed by atoms with Gasteiger partial charge in [-0.25, -0.2) is 13.8 Å². The summed E-state index contributed by atoms with van der Waals surface area (Å²) >= 11 is 0. The highest BCUT2D eigenvalue weighted by Crippen LogP contribution is 2.32. The lowest BCUT2D eigenvalue weighted by Gasteiger charge is -2.24. The van der Waals surface area contributed by atoms with Crippen LogP contribution in [-0.2, 0) is 14.8 Å². The van der Waals surface area contributed by atoms with E-state index in [-0.39, 0.29) is 4.90 Å². The van der Waals surface area contributed by atoms with Gasteiger partial charge in [-0.2, -0.15) is 5.10 Å². The molecule has 3 aromatic rings. The van der Waals surface area contributed by atoms with Crippen LogP contribution in [0, 0.1) is 0 Å². The molecule has 8 nitrogen and oxygen atoms in total. The molecule has 0 unspecified atom stereocenters. The number of amides is 1. The second-order valence-electron chi connectivity index (χ2n) is 8.24. The van der Waals surface area contributed by atoms with Crippen LogP contribution in [0.1, 0.15) is 30.9 Å². The molecule has 0 aromatic heterocycles. The van der Waals surface area contributed by atoms with Crippen LogP contribution in [0.4, 0.5) is 5.69 Å². The number of carbonyl (C=O) groups is 1. The highest BCUT2D eigenvalue weighted by atomic mass is 32.2. The van der Waals surface area contributed by atoms with Crippen LogP contribution in [0.15, 0.2) is 82.8 Å². The number of benzene rings is 3. The number of para-hydroxylation sites is 1. The van der Waals surface area contributed by atoms with Crippen LogP contribution in [0.2, 0.25) is 0 Å². The van der Waals surface area contributed by atoms with Gasteiger partial charge in [0.2, 0.25) is 0 Å². The number of anilines is 1. The highest BCUT2D eigenvalue weighted by Gasteiger charge is 2.27. The standard InChI is InChI=1S/C26H27N3O5S/c1-19(2)20-11-13-22(14-12-20)29(35(31,32)23-8-4-3-5-9-23)18-25(30)28-27-17-21-7-6-10-24-26(21)34-16-15-33-24/h3-14,17,19H,15-16,18H2,1-2H3,(H,28,30)/b27-17+. The number of hydrogen-bond acceptors (Lipinski definition) is 6. The van der Waals surface area contributed by atoms with Crippen molar-refractivity contribution in [2.24, 2.45) is 5.10 Å². The van der Waals surface area contributed by atoms with Gasteiger partial charge in [0.1, 0.15) is 19.8 Å². The van der Waals surface area contributed by atoms with E-state index in [0.29, 0.717) is 41.9 Å². The number of rotatable bonds is 8. The fourth-order valence-corrected chi connectivity index (χ4v) is 5.04. The topological polar surface area (TPSA) is 97.3 Å². The summed E-state index contributed by atoms with van der Waals surface area (Å²) in [4.78, 5) is 12.9. The van der Waals surface area contributed by atoms with Crippen molar-refractivity contribution in [2.75, 3.05) is 24.1 Å². The van der Waals surface area contributed by atoms with Crippen LogP contribution in [0.3, 0.4) is 0 Å². The van der Waals surface area contributed by atoms with E-state index in [1.54, 1.807) is 48.5 Å². The molecule has 0 bridgehead atoms. The summed E-state index contributed by atoms with van der Waals surface area (Å²) in [5.41, 5.74) is 4.51. The SMILES string of the molecule is CC(C)c1ccc(N(CC(=O)N/N=C/c2cccc3c2OCCO3)S(=O)(=O)c2ccccc2)cc1. The molecule has 1 aliphatic heterocycles. The Hall–Kier alpha value is -3.85. The Balaban J connectivity index is 1.55. The second-order valence-corrected chi connectivity index (χ2v) is 10.1. The molecule has 9 heteroatoms. The minimum atomic E-state index is -3.99. The Bertz CT molecular complexity index is 1310. The monoisotopic (exact) mass is 493 g/mol. The van der Waals surface area contributed by atoms with E-state index in [0.717, 1.165) is 9.87 Å². The highest BCUT2D eigenvalue weighted by molar-refractivity contribution is 7.92. The molecule has 1 amide bonds. The third-order valence-corrected chi connectivity index (χ3v) is 7.24. The molecule has 0 radical (unpaired) electrons. The van der Waals surface area contributed by atoms with E-state index in [1.807, 2.05) is 12.1 Å². The zero-order chi connectivity index (χ0) is 24.8. The third-order valence-electron chi connectivity index (χ3n) is 5.46. The average molecular weight is 494 g/mol. The maximum Gasteiger partial charge on any atom is 0.264 e. The van der Waals surface area contributed by atoms with Crippen molar-refractivity contribution in [3.05, 3.63) is 83.9 Å². The maximum absolute atomic E-state index is 13.4. The molecule has 0 saturated carbocycles. The molecule has 182 valence electrons. The molecule has 35 heavy (non-hydrogen) atoms. The van der Waals surface area contributed by atoms with Gasteiger partial charge in [-0.1, -0.05) is 50.2 Å². The van der Waals surface area contributed by atoms with E-state index >= 15 is 0 Å². The van der Waals surface area contributed by atoms with E-state index in [2.05, 4.69) is 24.4 Å². The van der Waals surface area contributed by atoms with Crippen molar-refractivity contribution in [1.29, 1.82) is 0 Å². The molecule has 0 spiro atoms. The Morgan fingerprint density at radius 1 is 1.00 bits per heavy atom. The number of sulfonamides is 1. The minimum absolute atomic E-state index is 0.0947. The van der Waals surface area contributed by atoms with E-state index in [1.165, 1.54) is 18.3 Å².